The zero-order valence-electron chi connectivity index (χ0n) is 11.1. The van der Waals surface area contributed by atoms with E-state index in [-0.39, 0.29) is 5.56 Å². The summed E-state index contributed by atoms with van der Waals surface area (Å²) < 4.78 is 1.61. The molecule has 0 aliphatic rings. The molecule has 2 nitrogen and oxygen atoms in total. The van der Waals surface area contributed by atoms with Crippen LogP contribution in [0.5, 0.6) is 0 Å². The highest BCUT2D eigenvalue weighted by Crippen LogP contribution is 2.05. The van der Waals surface area contributed by atoms with Crippen molar-refractivity contribution in [3.05, 3.63) is 65.1 Å². The van der Waals surface area contributed by atoms with Crippen LogP contribution in [-0.2, 0) is 0 Å². The Morgan fingerprint density at radius 2 is 2.00 bits per heavy atom. The highest BCUT2D eigenvalue weighted by Gasteiger charge is 1.98. The van der Waals surface area contributed by atoms with Gasteiger partial charge in [-0.05, 0) is 31.6 Å². The summed E-state index contributed by atoms with van der Waals surface area (Å²) in [4.78, 5) is 11.6. The minimum absolute atomic E-state index is 0.0354. The molecule has 0 saturated carbocycles. The van der Waals surface area contributed by atoms with Gasteiger partial charge in [0.1, 0.15) is 0 Å². The highest BCUT2D eigenvalue weighted by molar-refractivity contribution is 5.58. The summed E-state index contributed by atoms with van der Waals surface area (Å²) in [5.41, 5.74) is 1.84. The molecule has 0 aliphatic heterocycles. The summed E-state index contributed by atoms with van der Waals surface area (Å²) in [5, 5.41) is 0. The SMILES string of the molecule is C=C/C=C(\C=C/C)n1cc(C)ccc1=O.CC. The average Bonchev–Trinajstić information content (AvgIpc) is 2.35. The van der Waals surface area contributed by atoms with Crippen LogP contribution in [0, 0.1) is 6.92 Å². The van der Waals surface area contributed by atoms with Crippen LogP contribution in [0.3, 0.4) is 0 Å². The van der Waals surface area contributed by atoms with Crippen molar-refractivity contribution in [2.75, 3.05) is 0 Å². The van der Waals surface area contributed by atoms with Crippen LogP contribution in [0.2, 0.25) is 0 Å². The third-order valence-electron chi connectivity index (χ3n) is 1.96. The van der Waals surface area contributed by atoms with Crippen molar-refractivity contribution in [2.45, 2.75) is 27.7 Å². The maximum absolute atomic E-state index is 11.6. The zero-order chi connectivity index (χ0) is 13.3. The summed E-state index contributed by atoms with van der Waals surface area (Å²) in [5.74, 6) is 0. The van der Waals surface area contributed by atoms with Crippen LogP contribution in [0.4, 0.5) is 0 Å². The number of aryl methyl sites for hydroxylation is 1. The lowest BCUT2D eigenvalue weighted by Crippen LogP contribution is -2.17. The largest absolute Gasteiger partial charge is 0.284 e. The summed E-state index contributed by atoms with van der Waals surface area (Å²) >= 11 is 0. The first-order valence-electron chi connectivity index (χ1n) is 5.84. The van der Waals surface area contributed by atoms with Crippen molar-refractivity contribution in [2.24, 2.45) is 0 Å². The second-order valence-electron chi connectivity index (χ2n) is 3.24. The molecule has 0 radical (unpaired) electrons. The Hall–Kier alpha value is -1.83. The number of pyridine rings is 1. The topological polar surface area (TPSA) is 22.0 Å². The molecule has 0 bridgehead atoms. The number of hydrogen-bond donors (Lipinski definition) is 0. The molecular weight excluding hydrogens is 210 g/mol. The Balaban J connectivity index is 0.00000121. The van der Waals surface area contributed by atoms with Gasteiger partial charge in [0.2, 0.25) is 0 Å². The molecule has 0 fully saturated rings. The molecule has 0 aliphatic carbocycles. The summed E-state index contributed by atoms with van der Waals surface area (Å²) in [6.45, 7) is 11.5. The van der Waals surface area contributed by atoms with Crippen molar-refractivity contribution in [3.8, 4) is 0 Å². The van der Waals surface area contributed by atoms with Gasteiger partial charge in [-0.2, -0.15) is 0 Å². The standard InChI is InChI=1S/C13H15NO.C2H6/c1-4-6-12(7-5-2)14-10-11(3)8-9-13(14)15;1-2/h4-10H,1H2,2-3H3;1-2H3/b7-5-,12-6+;. The molecule has 1 aromatic rings. The second-order valence-corrected chi connectivity index (χ2v) is 3.24. The average molecular weight is 231 g/mol. The van der Waals surface area contributed by atoms with E-state index in [0.717, 1.165) is 11.3 Å². The predicted molar refractivity (Wildman–Crippen MR) is 76.1 cm³/mol. The van der Waals surface area contributed by atoms with E-state index in [4.69, 9.17) is 0 Å². The Morgan fingerprint density at radius 1 is 1.35 bits per heavy atom. The van der Waals surface area contributed by atoms with E-state index in [0.29, 0.717) is 0 Å². The van der Waals surface area contributed by atoms with Crippen molar-refractivity contribution in [1.82, 2.24) is 4.57 Å². The van der Waals surface area contributed by atoms with Crippen molar-refractivity contribution in [3.63, 3.8) is 0 Å². The van der Waals surface area contributed by atoms with Gasteiger partial charge in [-0.1, -0.05) is 38.6 Å². The molecular formula is C15H21NO. The van der Waals surface area contributed by atoms with E-state index in [9.17, 15) is 4.79 Å². The fourth-order valence-electron chi connectivity index (χ4n) is 1.30. The third-order valence-corrected chi connectivity index (χ3v) is 1.96. The van der Waals surface area contributed by atoms with Gasteiger partial charge in [-0.15, -0.1) is 0 Å². The van der Waals surface area contributed by atoms with E-state index < -0.39 is 0 Å². The molecule has 0 unspecified atom stereocenters. The molecule has 0 atom stereocenters. The van der Waals surface area contributed by atoms with Crippen molar-refractivity contribution >= 4 is 5.70 Å². The van der Waals surface area contributed by atoms with Crippen LogP contribution in [0.1, 0.15) is 26.3 Å². The smallest absolute Gasteiger partial charge is 0.255 e. The van der Waals surface area contributed by atoms with Gasteiger partial charge in [0, 0.05) is 18.0 Å². The quantitative estimate of drug-likeness (QED) is 0.725. The van der Waals surface area contributed by atoms with Crippen LogP contribution in [0.25, 0.3) is 5.70 Å². The number of allylic oxidation sites excluding steroid dienone is 5. The first-order valence-corrected chi connectivity index (χ1v) is 5.84. The molecule has 1 rings (SSSR count). The monoisotopic (exact) mass is 231 g/mol. The lowest BCUT2D eigenvalue weighted by molar-refractivity contribution is 1.01. The van der Waals surface area contributed by atoms with Gasteiger partial charge >= 0.3 is 0 Å². The van der Waals surface area contributed by atoms with Gasteiger partial charge < -0.3 is 0 Å². The number of aromatic nitrogens is 1. The minimum atomic E-state index is -0.0354. The molecule has 1 aromatic heterocycles. The molecule has 92 valence electrons. The van der Waals surface area contributed by atoms with E-state index in [1.54, 1.807) is 28.9 Å². The molecule has 0 saturated heterocycles. The molecule has 0 spiro atoms. The Labute approximate surface area is 104 Å². The zero-order valence-corrected chi connectivity index (χ0v) is 11.1. The van der Waals surface area contributed by atoms with Crippen LogP contribution >= 0.6 is 0 Å². The van der Waals surface area contributed by atoms with E-state index >= 15 is 0 Å². The maximum atomic E-state index is 11.6. The van der Waals surface area contributed by atoms with Gasteiger partial charge in [-0.25, -0.2) is 0 Å². The number of rotatable bonds is 3. The Morgan fingerprint density at radius 3 is 2.53 bits per heavy atom. The summed E-state index contributed by atoms with van der Waals surface area (Å²) in [7, 11) is 0. The minimum Gasteiger partial charge on any atom is -0.284 e. The van der Waals surface area contributed by atoms with E-state index in [2.05, 4.69) is 6.58 Å². The molecule has 0 amide bonds. The third kappa shape index (κ3) is 4.68. The van der Waals surface area contributed by atoms with E-state index in [1.807, 2.05) is 46.0 Å². The lowest BCUT2D eigenvalue weighted by Gasteiger charge is -2.06. The summed E-state index contributed by atoms with van der Waals surface area (Å²) in [6, 6.07) is 3.37. The molecule has 0 N–H and O–H groups in total. The van der Waals surface area contributed by atoms with Crippen LogP contribution in [-0.4, -0.2) is 4.57 Å². The Bertz CT molecular complexity index is 464. The molecule has 17 heavy (non-hydrogen) atoms. The lowest BCUT2D eigenvalue weighted by atomic mass is 10.3. The second kappa shape index (κ2) is 8.34. The first-order chi connectivity index (χ1) is 8.19. The number of nitrogens with zero attached hydrogens (tertiary/aromatic N) is 1. The Kier molecular flexibility index (Phi) is 7.44. The van der Waals surface area contributed by atoms with Gasteiger partial charge in [0.25, 0.3) is 5.56 Å². The maximum Gasteiger partial charge on any atom is 0.255 e. The van der Waals surface area contributed by atoms with Gasteiger partial charge in [-0.3, -0.25) is 9.36 Å². The van der Waals surface area contributed by atoms with Crippen LogP contribution in [0.15, 0.2) is 54.0 Å². The fourth-order valence-corrected chi connectivity index (χ4v) is 1.30. The molecule has 1 heterocycles. The van der Waals surface area contributed by atoms with Crippen molar-refractivity contribution in [1.29, 1.82) is 0 Å². The molecule has 2 heteroatoms. The number of hydrogen-bond acceptors (Lipinski definition) is 1. The van der Waals surface area contributed by atoms with Gasteiger partial charge in [0.15, 0.2) is 0 Å². The normalized spacial score (nSPS) is 10.9. The van der Waals surface area contributed by atoms with E-state index in [1.165, 1.54) is 0 Å². The van der Waals surface area contributed by atoms with Crippen molar-refractivity contribution < 1.29 is 0 Å². The van der Waals surface area contributed by atoms with Gasteiger partial charge in [0.05, 0.1) is 0 Å². The molecule has 0 aromatic carbocycles. The van der Waals surface area contributed by atoms with Crippen LogP contribution < -0.4 is 5.56 Å². The predicted octanol–water partition coefficient (Wildman–Crippen LogP) is 3.79. The first kappa shape index (κ1) is 15.2. The fraction of sp³-hybridized carbons (Fsp3) is 0.267. The summed E-state index contributed by atoms with van der Waals surface area (Å²) in [6.07, 6.45) is 9.06. The highest BCUT2D eigenvalue weighted by atomic mass is 16.1.